The van der Waals surface area contributed by atoms with E-state index in [0.29, 0.717) is 47.9 Å². The molecule has 0 aromatic heterocycles. The molecule has 1 aliphatic heterocycles. The number of rotatable bonds is 7. The van der Waals surface area contributed by atoms with Crippen LogP contribution < -0.4 is 8.92 Å². The summed E-state index contributed by atoms with van der Waals surface area (Å²) in [7, 11) is 1.58. The van der Waals surface area contributed by atoms with E-state index in [0.717, 1.165) is 30.9 Å². The summed E-state index contributed by atoms with van der Waals surface area (Å²) >= 11 is 0.482. The average molecular weight is 567 g/mol. The molecule has 0 saturated heterocycles. The minimum atomic E-state index is -4.25. The van der Waals surface area contributed by atoms with Gasteiger partial charge in [0.15, 0.2) is 0 Å². The lowest BCUT2D eigenvalue weighted by Gasteiger charge is -2.17. The van der Waals surface area contributed by atoms with Crippen molar-refractivity contribution in [3.63, 3.8) is 0 Å². The van der Waals surface area contributed by atoms with Crippen molar-refractivity contribution in [2.24, 2.45) is 0 Å². The number of aryl methyl sites for hydroxylation is 2. The normalized spacial score (nSPS) is 12.8. The van der Waals surface area contributed by atoms with Crippen molar-refractivity contribution in [2.45, 2.75) is 36.8 Å². The zero-order chi connectivity index (χ0) is 27.9. The quantitative estimate of drug-likeness (QED) is 0.0951. The Hall–Kier alpha value is -2.99. The molecule has 0 amide bonds. The van der Waals surface area contributed by atoms with Gasteiger partial charge in [0, 0.05) is 13.7 Å². The predicted molar refractivity (Wildman–Crippen MR) is 125 cm³/mol. The van der Waals surface area contributed by atoms with E-state index in [2.05, 4.69) is 0 Å². The zero-order valence-corrected chi connectivity index (χ0v) is 20.8. The van der Waals surface area contributed by atoms with Crippen LogP contribution in [0.4, 0.5) is 35.1 Å². The molecule has 0 atom stereocenters. The average Bonchev–Trinajstić information content (AvgIpc) is 2.91. The number of ether oxygens (including phenoxy) is 2. The second-order valence-electron chi connectivity index (χ2n) is 8.08. The monoisotopic (exact) mass is 566 g/mol. The van der Waals surface area contributed by atoms with Crippen LogP contribution in [0.15, 0.2) is 47.4 Å². The lowest BCUT2D eigenvalue weighted by molar-refractivity contribution is -0.137. The number of benzene rings is 3. The van der Waals surface area contributed by atoms with Crippen molar-refractivity contribution in [2.75, 3.05) is 20.3 Å². The Morgan fingerprint density at radius 2 is 1.58 bits per heavy atom. The number of fused-ring (bicyclic) bond motifs is 1. The molecule has 3 aromatic carbocycles. The minimum Gasteiger partial charge on any atom is -0.493 e. The van der Waals surface area contributed by atoms with Crippen molar-refractivity contribution in [3.8, 4) is 11.5 Å². The van der Waals surface area contributed by atoms with E-state index in [1.165, 1.54) is 12.1 Å². The maximum absolute atomic E-state index is 13.5. The molecule has 38 heavy (non-hydrogen) atoms. The van der Waals surface area contributed by atoms with Gasteiger partial charge in [-0.3, -0.25) is 0 Å². The van der Waals surface area contributed by atoms with Crippen LogP contribution in [0.1, 0.15) is 29.5 Å². The smallest absolute Gasteiger partial charge is 0.416 e. The number of methoxy groups -OCH3 is 1. The van der Waals surface area contributed by atoms with Gasteiger partial charge in [0.25, 0.3) is 0 Å². The van der Waals surface area contributed by atoms with Gasteiger partial charge >= 0.3 is 6.18 Å². The molecule has 0 spiro atoms. The van der Waals surface area contributed by atoms with Gasteiger partial charge in [0.2, 0.25) is 34.8 Å². The molecule has 0 saturated carbocycles. The van der Waals surface area contributed by atoms with Gasteiger partial charge in [-0.05, 0) is 55.0 Å². The van der Waals surface area contributed by atoms with E-state index in [9.17, 15) is 35.1 Å². The fourth-order valence-electron chi connectivity index (χ4n) is 3.44. The molecule has 1 heterocycles. The largest absolute Gasteiger partial charge is 0.493 e. The molecule has 3 nitrogen and oxygen atoms in total. The van der Waals surface area contributed by atoms with Gasteiger partial charge in [-0.2, -0.15) is 22.0 Å². The number of halogens is 8. The van der Waals surface area contributed by atoms with E-state index in [4.69, 9.17) is 13.7 Å². The third kappa shape index (κ3) is 7.53. The summed E-state index contributed by atoms with van der Waals surface area (Å²) in [6.07, 6.45) is -1.17. The summed E-state index contributed by atoms with van der Waals surface area (Å²) < 4.78 is 118. The molecule has 0 radical (unpaired) electrons. The van der Waals surface area contributed by atoms with Crippen LogP contribution in [0, 0.1) is 29.1 Å². The Labute approximate surface area is 217 Å². The lowest BCUT2D eigenvalue weighted by Crippen LogP contribution is -2.08. The van der Waals surface area contributed by atoms with Gasteiger partial charge in [-0.25, -0.2) is 13.2 Å². The fraction of sp³-hybridized carbons (Fsp3) is 0.308. The second kappa shape index (κ2) is 13.2. The molecule has 0 aliphatic carbocycles. The van der Waals surface area contributed by atoms with E-state index in [1.807, 2.05) is 0 Å². The Morgan fingerprint density at radius 1 is 0.895 bits per heavy atom. The highest BCUT2D eigenvalue weighted by molar-refractivity contribution is 7.95. The molecular formula is C26H22F8O3S. The van der Waals surface area contributed by atoms with Crippen molar-refractivity contribution in [1.82, 2.24) is 0 Å². The van der Waals surface area contributed by atoms with Crippen LogP contribution in [0.2, 0.25) is 0 Å². The summed E-state index contributed by atoms with van der Waals surface area (Å²) in [4.78, 5) is 0.412. The van der Waals surface area contributed by atoms with Crippen molar-refractivity contribution in [1.29, 1.82) is 0 Å². The first kappa shape index (κ1) is 29.6. The van der Waals surface area contributed by atoms with Crippen molar-refractivity contribution >= 4 is 12.0 Å². The predicted octanol–water partition coefficient (Wildman–Crippen LogP) is 8.08. The van der Waals surface area contributed by atoms with E-state index >= 15 is 0 Å². The third-order valence-corrected chi connectivity index (χ3v) is 6.04. The molecule has 206 valence electrons. The third-order valence-electron chi connectivity index (χ3n) is 5.35. The molecule has 12 heteroatoms. The molecule has 0 unspecified atom stereocenters. The summed E-state index contributed by atoms with van der Waals surface area (Å²) in [5.74, 6) is -11.1. The van der Waals surface area contributed by atoms with Crippen molar-refractivity contribution in [3.05, 3.63) is 88.2 Å². The first-order valence-corrected chi connectivity index (χ1v) is 12.0. The van der Waals surface area contributed by atoms with Crippen LogP contribution in [0.5, 0.6) is 11.5 Å². The van der Waals surface area contributed by atoms with Gasteiger partial charge in [-0.1, -0.05) is 24.3 Å². The first-order chi connectivity index (χ1) is 18.0. The maximum atomic E-state index is 13.5. The van der Waals surface area contributed by atoms with Crippen LogP contribution >= 0.6 is 12.0 Å². The lowest BCUT2D eigenvalue weighted by atomic mass is 10.1. The molecule has 0 fully saturated rings. The summed E-state index contributed by atoms with van der Waals surface area (Å²) in [6.45, 7) is 1.12. The topological polar surface area (TPSA) is 27.7 Å². The van der Waals surface area contributed by atoms with E-state index in [1.54, 1.807) is 31.4 Å². The highest BCUT2D eigenvalue weighted by atomic mass is 32.2. The highest BCUT2D eigenvalue weighted by Gasteiger charge is 2.30. The summed E-state index contributed by atoms with van der Waals surface area (Å²) in [5, 5.41) is 0. The highest BCUT2D eigenvalue weighted by Crippen LogP contribution is 2.35. The minimum absolute atomic E-state index is 0.412. The Balaban J connectivity index is 0.000000232. The SMILES string of the molecule is COCCCc1cccc(C(F)(F)F)c1.Fc1c(F)c(F)c(OSc2ccc3c(c2)OCCC3)c(F)c1F. The van der Waals surface area contributed by atoms with Crippen LogP contribution in [0.25, 0.3) is 0 Å². The van der Waals surface area contributed by atoms with E-state index < -0.39 is 46.6 Å². The van der Waals surface area contributed by atoms with Crippen molar-refractivity contribution < 1.29 is 48.8 Å². The second-order valence-corrected chi connectivity index (χ2v) is 8.89. The van der Waals surface area contributed by atoms with Gasteiger partial charge in [0.05, 0.1) is 29.1 Å². The van der Waals surface area contributed by atoms with Crippen LogP contribution in [0.3, 0.4) is 0 Å². The molecule has 0 bridgehead atoms. The van der Waals surface area contributed by atoms with Crippen LogP contribution in [-0.2, 0) is 23.8 Å². The Kier molecular flexibility index (Phi) is 10.3. The van der Waals surface area contributed by atoms with Gasteiger partial charge in [-0.15, -0.1) is 0 Å². The zero-order valence-electron chi connectivity index (χ0n) is 19.9. The molecule has 3 aromatic rings. The molecule has 1 aliphatic rings. The fourth-order valence-corrected chi connectivity index (χ4v) is 4.05. The molecule has 4 rings (SSSR count). The molecular weight excluding hydrogens is 544 g/mol. The number of hydrogen-bond donors (Lipinski definition) is 0. The standard InChI is InChI=1S/C15H9F5O2S.C11H13F3O/c16-10-11(17)13(19)15(14(20)12(10)18)22-23-8-4-3-7-2-1-5-21-9(7)6-8;1-15-7-3-5-9-4-2-6-10(8-9)11(12,13)14/h3-4,6H,1-2,5H2;2,4,6,8H,3,5,7H2,1H3. The Bertz CT molecular complexity index is 1220. The first-order valence-electron chi connectivity index (χ1n) is 11.3. The van der Waals surface area contributed by atoms with Gasteiger partial charge in [0.1, 0.15) is 5.75 Å². The van der Waals surface area contributed by atoms with Crippen LogP contribution in [-0.4, -0.2) is 20.3 Å². The molecule has 0 N–H and O–H groups in total. The van der Waals surface area contributed by atoms with Gasteiger partial charge < -0.3 is 13.7 Å². The van der Waals surface area contributed by atoms with E-state index in [-0.39, 0.29) is 0 Å². The maximum Gasteiger partial charge on any atom is 0.416 e. The summed E-state index contributed by atoms with van der Waals surface area (Å²) in [5.41, 5.74) is 1.09. The number of hydrogen-bond acceptors (Lipinski definition) is 4. The number of alkyl halides is 3. The Morgan fingerprint density at radius 3 is 2.24 bits per heavy atom. The summed E-state index contributed by atoms with van der Waals surface area (Å²) in [6, 6.07) is 10.4.